The normalized spacial score (nSPS) is 12.1. The summed E-state index contributed by atoms with van der Waals surface area (Å²) in [5.41, 5.74) is 1.90. The van der Waals surface area contributed by atoms with Crippen LogP contribution < -0.4 is 5.32 Å². The number of hydrogen-bond acceptors (Lipinski definition) is 3. The second kappa shape index (κ2) is 7.42. The quantitative estimate of drug-likeness (QED) is 0.633. The Morgan fingerprint density at radius 3 is 2.52 bits per heavy atom. The lowest BCUT2D eigenvalue weighted by molar-refractivity contribution is 0.554. The second-order valence-electron chi connectivity index (χ2n) is 6.66. The van der Waals surface area contributed by atoms with E-state index < -0.39 is 9.84 Å². The number of aromatic nitrogens is 1. The summed E-state index contributed by atoms with van der Waals surface area (Å²) in [6, 6.07) is 14.5. The SMILES string of the molecule is CC(C)CNCCc1cccc2[nH]cc(S(=O)(=O)c3ccccc3)c12. The molecule has 2 aromatic carbocycles. The maximum atomic E-state index is 13.0. The molecule has 25 heavy (non-hydrogen) atoms. The van der Waals surface area contributed by atoms with Gasteiger partial charge in [0.05, 0.1) is 9.79 Å². The van der Waals surface area contributed by atoms with Crippen molar-refractivity contribution in [3.05, 3.63) is 60.3 Å². The highest BCUT2D eigenvalue weighted by Gasteiger charge is 2.22. The molecule has 0 spiro atoms. The van der Waals surface area contributed by atoms with E-state index >= 15 is 0 Å². The molecule has 0 aliphatic rings. The molecule has 0 amide bonds. The van der Waals surface area contributed by atoms with Crippen molar-refractivity contribution in [2.24, 2.45) is 5.92 Å². The standard InChI is InChI=1S/C20H24N2O2S/c1-15(2)13-21-12-11-16-7-6-10-18-20(16)19(14-22-18)25(23,24)17-8-4-3-5-9-17/h3-10,14-15,21-22H,11-13H2,1-2H3. The van der Waals surface area contributed by atoms with Gasteiger partial charge in [-0.25, -0.2) is 8.42 Å². The van der Waals surface area contributed by atoms with Gasteiger partial charge in [-0.2, -0.15) is 0 Å². The lowest BCUT2D eigenvalue weighted by Gasteiger charge is -2.10. The van der Waals surface area contributed by atoms with Crippen molar-refractivity contribution in [1.82, 2.24) is 10.3 Å². The van der Waals surface area contributed by atoms with Crippen molar-refractivity contribution < 1.29 is 8.42 Å². The summed E-state index contributed by atoms with van der Waals surface area (Å²) in [5.74, 6) is 0.595. The molecule has 5 heteroatoms. The molecule has 3 aromatic rings. The number of benzene rings is 2. The van der Waals surface area contributed by atoms with Crippen molar-refractivity contribution in [1.29, 1.82) is 0 Å². The van der Waals surface area contributed by atoms with Crippen molar-refractivity contribution >= 4 is 20.7 Å². The van der Waals surface area contributed by atoms with E-state index in [0.29, 0.717) is 15.7 Å². The third-order valence-electron chi connectivity index (χ3n) is 4.22. The third kappa shape index (κ3) is 3.78. The van der Waals surface area contributed by atoms with E-state index in [1.54, 1.807) is 30.5 Å². The smallest absolute Gasteiger partial charge is 0.208 e. The van der Waals surface area contributed by atoms with Gasteiger partial charge in [0.15, 0.2) is 0 Å². The number of rotatable bonds is 7. The number of aromatic amines is 1. The molecule has 0 aliphatic heterocycles. The molecule has 1 aromatic heterocycles. The topological polar surface area (TPSA) is 62.0 Å². The minimum absolute atomic E-state index is 0.323. The van der Waals surface area contributed by atoms with E-state index in [0.717, 1.165) is 36.0 Å². The summed E-state index contributed by atoms with van der Waals surface area (Å²) in [6.07, 6.45) is 2.40. The zero-order chi connectivity index (χ0) is 17.9. The van der Waals surface area contributed by atoms with Crippen molar-refractivity contribution in [3.8, 4) is 0 Å². The van der Waals surface area contributed by atoms with Gasteiger partial charge in [0.1, 0.15) is 0 Å². The van der Waals surface area contributed by atoms with Crippen LogP contribution in [0.2, 0.25) is 0 Å². The van der Waals surface area contributed by atoms with Crippen LogP contribution in [-0.4, -0.2) is 26.5 Å². The molecule has 0 radical (unpaired) electrons. The van der Waals surface area contributed by atoms with Crippen LogP contribution in [0.1, 0.15) is 19.4 Å². The van der Waals surface area contributed by atoms with E-state index in [1.807, 2.05) is 24.3 Å². The highest BCUT2D eigenvalue weighted by Crippen LogP contribution is 2.30. The monoisotopic (exact) mass is 356 g/mol. The first kappa shape index (κ1) is 17.7. The number of sulfone groups is 1. The fourth-order valence-corrected chi connectivity index (χ4v) is 4.48. The Hall–Kier alpha value is -2.11. The van der Waals surface area contributed by atoms with Gasteiger partial charge in [0, 0.05) is 17.1 Å². The Labute approximate surface area is 149 Å². The second-order valence-corrected chi connectivity index (χ2v) is 8.58. The minimum Gasteiger partial charge on any atom is -0.360 e. The number of fused-ring (bicyclic) bond motifs is 1. The molecule has 0 aliphatic carbocycles. The summed E-state index contributed by atoms with van der Waals surface area (Å²) in [6.45, 7) is 6.13. The largest absolute Gasteiger partial charge is 0.360 e. The fourth-order valence-electron chi connectivity index (χ4n) is 2.99. The third-order valence-corrected chi connectivity index (χ3v) is 6.02. The Bertz CT molecular complexity index is 944. The molecule has 1 heterocycles. The molecule has 0 unspecified atom stereocenters. The summed E-state index contributed by atoms with van der Waals surface area (Å²) in [7, 11) is -3.54. The van der Waals surface area contributed by atoms with Crippen LogP contribution in [0.5, 0.6) is 0 Å². The zero-order valence-electron chi connectivity index (χ0n) is 14.6. The first-order valence-electron chi connectivity index (χ1n) is 8.60. The Morgan fingerprint density at radius 2 is 1.80 bits per heavy atom. The predicted octanol–water partition coefficient (Wildman–Crippen LogP) is 3.79. The lowest BCUT2D eigenvalue weighted by Crippen LogP contribution is -2.22. The maximum absolute atomic E-state index is 13.0. The van der Waals surface area contributed by atoms with Gasteiger partial charge < -0.3 is 10.3 Å². The van der Waals surface area contributed by atoms with Gasteiger partial charge in [0.25, 0.3) is 0 Å². The van der Waals surface area contributed by atoms with Crippen LogP contribution in [0.4, 0.5) is 0 Å². The summed E-state index contributed by atoms with van der Waals surface area (Å²) < 4.78 is 26.1. The van der Waals surface area contributed by atoms with Crippen molar-refractivity contribution in [2.75, 3.05) is 13.1 Å². The average Bonchev–Trinajstić information content (AvgIpc) is 3.05. The molecule has 0 fully saturated rings. The fraction of sp³-hybridized carbons (Fsp3) is 0.300. The molecule has 2 N–H and O–H groups in total. The number of H-pyrrole nitrogens is 1. The van der Waals surface area contributed by atoms with Gasteiger partial charge in [-0.1, -0.05) is 44.2 Å². The number of nitrogens with one attached hydrogen (secondary N) is 2. The van der Waals surface area contributed by atoms with Gasteiger partial charge in [-0.05, 0) is 49.2 Å². The van der Waals surface area contributed by atoms with Crippen LogP contribution in [0.3, 0.4) is 0 Å². The van der Waals surface area contributed by atoms with Gasteiger partial charge in [0.2, 0.25) is 9.84 Å². The van der Waals surface area contributed by atoms with Crippen LogP contribution in [-0.2, 0) is 16.3 Å². The molecule has 0 saturated carbocycles. The maximum Gasteiger partial charge on any atom is 0.208 e. The summed E-state index contributed by atoms with van der Waals surface area (Å²) >= 11 is 0. The van der Waals surface area contributed by atoms with Crippen LogP contribution in [0.25, 0.3) is 10.9 Å². The van der Waals surface area contributed by atoms with E-state index in [9.17, 15) is 8.42 Å². The van der Waals surface area contributed by atoms with Crippen LogP contribution >= 0.6 is 0 Å². The van der Waals surface area contributed by atoms with E-state index in [1.165, 1.54) is 0 Å². The highest BCUT2D eigenvalue weighted by molar-refractivity contribution is 7.91. The molecular formula is C20H24N2O2S. The van der Waals surface area contributed by atoms with E-state index in [-0.39, 0.29) is 0 Å². The average molecular weight is 356 g/mol. The van der Waals surface area contributed by atoms with E-state index in [2.05, 4.69) is 24.1 Å². The van der Waals surface area contributed by atoms with E-state index in [4.69, 9.17) is 0 Å². The zero-order valence-corrected chi connectivity index (χ0v) is 15.4. The summed E-state index contributed by atoms with van der Waals surface area (Å²) in [5, 5.41) is 4.22. The predicted molar refractivity (Wildman–Crippen MR) is 102 cm³/mol. The molecule has 3 rings (SSSR count). The Kier molecular flexibility index (Phi) is 5.25. The molecule has 0 atom stereocenters. The molecule has 0 saturated heterocycles. The molecule has 4 nitrogen and oxygen atoms in total. The first-order valence-corrected chi connectivity index (χ1v) is 10.1. The minimum atomic E-state index is -3.54. The molecule has 132 valence electrons. The first-order chi connectivity index (χ1) is 12.0. The molecule has 0 bridgehead atoms. The van der Waals surface area contributed by atoms with Gasteiger partial charge >= 0.3 is 0 Å². The lowest BCUT2D eigenvalue weighted by atomic mass is 10.1. The van der Waals surface area contributed by atoms with Crippen molar-refractivity contribution in [3.63, 3.8) is 0 Å². The molecular weight excluding hydrogens is 332 g/mol. The Balaban J connectivity index is 1.97. The summed E-state index contributed by atoms with van der Waals surface area (Å²) in [4.78, 5) is 3.79. The number of hydrogen-bond donors (Lipinski definition) is 2. The Morgan fingerprint density at radius 1 is 1.04 bits per heavy atom. The van der Waals surface area contributed by atoms with Gasteiger partial charge in [-0.3, -0.25) is 0 Å². The van der Waals surface area contributed by atoms with Crippen molar-refractivity contribution in [2.45, 2.75) is 30.1 Å². The van der Waals surface area contributed by atoms with Crippen LogP contribution in [0, 0.1) is 5.92 Å². The van der Waals surface area contributed by atoms with Crippen LogP contribution in [0.15, 0.2) is 64.5 Å². The van der Waals surface area contributed by atoms with Gasteiger partial charge in [-0.15, -0.1) is 0 Å². The highest BCUT2D eigenvalue weighted by atomic mass is 32.2.